The van der Waals surface area contributed by atoms with Crippen LogP contribution in [0.3, 0.4) is 0 Å². The van der Waals surface area contributed by atoms with Gasteiger partial charge in [-0.3, -0.25) is 9.69 Å². The molecule has 0 radical (unpaired) electrons. The van der Waals surface area contributed by atoms with Crippen molar-refractivity contribution in [3.8, 4) is 5.75 Å². The molecule has 4 heteroatoms. The normalized spacial score (nSPS) is 16.0. The van der Waals surface area contributed by atoms with Gasteiger partial charge >= 0.3 is 0 Å². The Hall–Kier alpha value is -1.39. The van der Waals surface area contributed by atoms with E-state index in [1.165, 1.54) is 0 Å². The Balaban J connectivity index is 2.04. The van der Waals surface area contributed by atoms with E-state index in [4.69, 9.17) is 9.47 Å². The first-order valence-corrected chi connectivity index (χ1v) is 8.22. The van der Waals surface area contributed by atoms with Crippen LogP contribution in [-0.4, -0.2) is 50.1 Å². The minimum atomic E-state index is 0.221. The summed E-state index contributed by atoms with van der Waals surface area (Å²) in [6, 6.07) is 5.83. The van der Waals surface area contributed by atoms with Crippen molar-refractivity contribution >= 4 is 5.78 Å². The first-order chi connectivity index (χ1) is 10.6. The summed E-state index contributed by atoms with van der Waals surface area (Å²) in [7, 11) is 0. The van der Waals surface area contributed by atoms with Crippen LogP contribution in [0.15, 0.2) is 18.2 Å². The zero-order valence-corrected chi connectivity index (χ0v) is 13.9. The number of carbonyl (C=O) groups excluding carboxylic acids is 1. The minimum absolute atomic E-state index is 0.221. The number of nitrogens with zero attached hydrogens (tertiary/aromatic N) is 1. The van der Waals surface area contributed by atoms with Gasteiger partial charge in [0.05, 0.1) is 19.8 Å². The average Bonchev–Trinajstić information content (AvgIpc) is 2.54. The quantitative estimate of drug-likeness (QED) is 0.726. The molecule has 0 aromatic heterocycles. The van der Waals surface area contributed by atoms with E-state index in [0.29, 0.717) is 18.9 Å². The molecule has 2 rings (SSSR count). The second kappa shape index (κ2) is 8.30. The molecular weight excluding hydrogens is 278 g/mol. The number of benzene rings is 1. The van der Waals surface area contributed by atoms with Gasteiger partial charge in [0.2, 0.25) is 0 Å². The lowest BCUT2D eigenvalue weighted by molar-refractivity contribution is 0.0370. The van der Waals surface area contributed by atoms with Crippen molar-refractivity contribution in [3.05, 3.63) is 29.3 Å². The van der Waals surface area contributed by atoms with Crippen molar-refractivity contribution in [2.45, 2.75) is 33.1 Å². The first kappa shape index (κ1) is 17.0. The number of carbonyl (C=O) groups is 1. The van der Waals surface area contributed by atoms with E-state index in [-0.39, 0.29) is 5.78 Å². The highest BCUT2D eigenvalue weighted by molar-refractivity contribution is 5.98. The van der Waals surface area contributed by atoms with Gasteiger partial charge in [0, 0.05) is 31.6 Å². The molecule has 1 fully saturated rings. The Morgan fingerprint density at radius 3 is 2.68 bits per heavy atom. The van der Waals surface area contributed by atoms with Crippen LogP contribution in [0, 0.1) is 0 Å². The minimum Gasteiger partial charge on any atom is -0.494 e. The third-order valence-electron chi connectivity index (χ3n) is 4.02. The Bertz CT molecular complexity index is 493. The Morgan fingerprint density at radius 2 is 2.05 bits per heavy atom. The predicted molar refractivity (Wildman–Crippen MR) is 87.9 cm³/mol. The molecule has 1 aromatic rings. The Morgan fingerprint density at radius 1 is 1.32 bits per heavy atom. The first-order valence-electron chi connectivity index (χ1n) is 8.22. The van der Waals surface area contributed by atoms with Gasteiger partial charge in [0.25, 0.3) is 0 Å². The monoisotopic (exact) mass is 305 g/mol. The van der Waals surface area contributed by atoms with Gasteiger partial charge in [-0.2, -0.15) is 0 Å². The summed E-state index contributed by atoms with van der Waals surface area (Å²) >= 11 is 0. The zero-order valence-electron chi connectivity index (χ0n) is 13.9. The molecule has 122 valence electrons. The third kappa shape index (κ3) is 4.55. The largest absolute Gasteiger partial charge is 0.494 e. The number of rotatable bonds is 7. The van der Waals surface area contributed by atoms with Crippen molar-refractivity contribution in [1.29, 1.82) is 0 Å². The molecule has 1 aliphatic rings. The van der Waals surface area contributed by atoms with Crippen molar-refractivity contribution in [2.24, 2.45) is 0 Å². The highest BCUT2D eigenvalue weighted by Gasteiger charge is 2.17. The van der Waals surface area contributed by atoms with Crippen molar-refractivity contribution in [1.82, 2.24) is 4.90 Å². The lowest BCUT2D eigenvalue weighted by atomic mass is 9.93. The molecule has 0 spiro atoms. The second-order valence-electron chi connectivity index (χ2n) is 5.96. The van der Waals surface area contributed by atoms with Gasteiger partial charge in [-0.1, -0.05) is 13.8 Å². The smallest absolute Gasteiger partial charge is 0.164 e. The molecule has 1 aliphatic heterocycles. The van der Waals surface area contributed by atoms with Gasteiger partial charge in [-0.05, 0) is 36.6 Å². The third-order valence-corrected chi connectivity index (χ3v) is 4.02. The van der Waals surface area contributed by atoms with Gasteiger partial charge in [0.1, 0.15) is 5.75 Å². The summed E-state index contributed by atoms with van der Waals surface area (Å²) in [4.78, 5) is 14.9. The van der Waals surface area contributed by atoms with Crippen LogP contribution < -0.4 is 4.74 Å². The van der Waals surface area contributed by atoms with E-state index in [1.54, 1.807) is 0 Å². The summed E-state index contributed by atoms with van der Waals surface area (Å²) in [6.07, 6.45) is 0.563. The molecule has 0 bridgehead atoms. The predicted octanol–water partition coefficient (Wildman–Crippen LogP) is 3.11. The highest BCUT2D eigenvalue weighted by atomic mass is 16.5. The lowest BCUT2D eigenvalue weighted by Crippen LogP contribution is -2.37. The molecule has 1 saturated heterocycles. The Labute approximate surface area is 133 Å². The molecule has 0 aliphatic carbocycles. The fourth-order valence-corrected chi connectivity index (χ4v) is 2.75. The second-order valence-corrected chi connectivity index (χ2v) is 5.96. The summed E-state index contributed by atoms with van der Waals surface area (Å²) in [5.41, 5.74) is 1.92. The van der Waals surface area contributed by atoms with Crippen molar-refractivity contribution in [2.75, 3.05) is 39.5 Å². The van der Waals surface area contributed by atoms with E-state index in [9.17, 15) is 4.79 Å². The fourth-order valence-electron chi connectivity index (χ4n) is 2.75. The van der Waals surface area contributed by atoms with Gasteiger partial charge in [0.15, 0.2) is 5.78 Å². The van der Waals surface area contributed by atoms with E-state index in [0.717, 1.165) is 49.7 Å². The summed E-state index contributed by atoms with van der Waals surface area (Å²) < 4.78 is 10.9. The van der Waals surface area contributed by atoms with Crippen LogP contribution in [0.25, 0.3) is 0 Å². The van der Waals surface area contributed by atoms with Crippen molar-refractivity contribution in [3.63, 3.8) is 0 Å². The number of morpholine rings is 1. The number of hydrogen-bond donors (Lipinski definition) is 0. The molecule has 0 atom stereocenters. The maximum Gasteiger partial charge on any atom is 0.164 e. The molecule has 0 saturated carbocycles. The van der Waals surface area contributed by atoms with E-state index in [1.807, 2.05) is 25.1 Å². The molecule has 4 nitrogen and oxygen atoms in total. The SMILES string of the molecule is CCOc1ccc(C(=O)CCN2CCOCC2)c(C(C)C)c1. The molecule has 0 amide bonds. The van der Waals surface area contributed by atoms with Crippen molar-refractivity contribution < 1.29 is 14.3 Å². The van der Waals surface area contributed by atoms with Gasteiger partial charge in [-0.25, -0.2) is 0 Å². The molecule has 22 heavy (non-hydrogen) atoms. The summed E-state index contributed by atoms with van der Waals surface area (Å²) in [5, 5.41) is 0. The highest BCUT2D eigenvalue weighted by Crippen LogP contribution is 2.26. The standard InChI is InChI=1S/C18H27NO3/c1-4-22-15-5-6-16(17(13-15)14(2)3)18(20)7-8-19-9-11-21-12-10-19/h5-6,13-14H,4,7-12H2,1-3H3. The number of ketones is 1. The van der Waals surface area contributed by atoms with E-state index in [2.05, 4.69) is 18.7 Å². The van der Waals surface area contributed by atoms with Crippen LogP contribution in [0.2, 0.25) is 0 Å². The van der Waals surface area contributed by atoms with Crippen LogP contribution in [0.1, 0.15) is 49.0 Å². The fraction of sp³-hybridized carbons (Fsp3) is 0.611. The van der Waals surface area contributed by atoms with E-state index >= 15 is 0 Å². The topological polar surface area (TPSA) is 38.8 Å². The van der Waals surface area contributed by atoms with E-state index < -0.39 is 0 Å². The molecular formula is C18H27NO3. The lowest BCUT2D eigenvalue weighted by Gasteiger charge is -2.26. The zero-order chi connectivity index (χ0) is 15.9. The maximum atomic E-state index is 12.6. The van der Waals surface area contributed by atoms with Crippen LogP contribution >= 0.6 is 0 Å². The Kier molecular flexibility index (Phi) is 6.40. The maximum absolute atomic E-state index is 12.6. The molecule has 0 N–H and O–H groups in total. The van der Waals surface area contributed by atoms with Crippen LogP contribution in [0.5, 0.6) is 5.75 Å². The number of hydrogen-bond acceptors (Lipinski definition) is 4. The van der Waals surface area contributed by atoms with Gasteiger partial charge < -0.3 is 9.47 Å². The molecule has 0 unspecified atom stereocenters. The summed E-state index contributed by atoms with van der Waals surface area (Å²) in [5.74, 6) is 1.37. The average molecular weight is 305 g/mol. The van der Waals surface area contributed by atoms with Crippen LogP contribution in [-0.2, 0) is 4.74 Å². The molecule has 1 aromatic carbocycles. The van der Waals surface area contributed by atoms with Gasteiger partial charge in [-0.15, -0.1) is 0 Å². The molecule has 1 heterocycles. The number of ether oxygens (including phenoxy) is 2. The summed E-state index contributed by atoms with van der Waals surface area (Å²) in [6.45, 7) is 11.0. The number of Topliss-reactive ketones (excluding diaryl/α,β-unsaturated/α-hetero) is 1. The van der Waals surface area contributed by atoms with Crippen LogP contribution in [0.4, 0.5) is 0 Å².